The molecule has 0 spiro atoms. The number of piperazine rings is 1. The van der Waals surface area contributed by atoms with Gasteiger partial charge in [0.25, 0.3) is 5.91 Å². The van der Waals surface area contributed by atoms with E-state index in [0.29, 0.717) is 24.4 Å². The summed E-state index contributed by atoms with van der Waals surface area (Å²) >= 11 is 0. The SMILES string of the molecule is CC(=O)c1cccc(OCC(=O)N2CCN(Cc3ccc4c(c3)CCO4)CC2)c1. The number of benzene rings is 2. The van der Waals surface area contributed by atoms with E-state index in [9.17, 15) is 9.59 Å². The minimum absolute atomic E-state index is 0.00776. The van der Waals surface area contributed by atoms with Crippen molar-refractivity contribution in [1.29, 1.82) is 0 Å². The third kappa shape index (κ3) is 4.77. The topological polar surface area (TPSA) is 59.1 Å². The van der Waals surface area contributed by atoms with Gasteiger partial charge in [-0.2, -0.15) is 0 Å². The molecule has 4 rings (SSSR count). The molecule has 0 radical (unpaired) electrons. The standard InChI is InChI=1S/C23H26N2O4/c1-17(26)19-3-2-4-21(14-19)29-16-23(27)25-10-8-24(9-11-25)15-18-5-6-22-20(13-18)7-12-28-22/h2-6,13-14H,7-12,15-16H2,1H3. The lowest BCUT2D eigenvalue weighted by molar-refractivity contribution is -0.135. The maximum absolute atomic E-state index is 12.5. The Morgan fingerprint density at radius 2 is 1.90 bits per heavy atom. The van der Waals surface area contributed by atoms with Crippen molar-refractivity contribution in [3.05, 3.63) is 59.2 Å². The Morgan fingerprint density at radius 1 is 1.07 bits per heavy atom. The van der Waals surface area contributed by atoms with E-state index < -0.39 is 0 Å². The van der Waals surface area contributed by atoms with Crippen LogP contribution in [-0.4, -0.2) is 60.9 Å². The van der Waals surface area contributed by atoms with Crippen molar-refractivity contribution in [3.8, 4) is 11.5 Å². The molecule has 1 saturated heterocycles. The summed E-state index contributed by atoms with van der Waals surface area (Å²) in [5.41, 5.74) is 3.17. The van der Waals surface area contributed by atoms with Gasteiger partial charge in [0.2, 0.25) is 0 Å². The molecule has 0 bridgehead atoms. The smallest absolute Gasteiger partial charge is 0.260 e. The van der Waals surface area contributed by atoms with Crippen molar-refractivity contribution in [3.63, 3.8) is 0 Å². The number of carbonyl (C=O) groups is 2. The lowest BCUT2D eigenvalue weighted by atomic mass is 10.1. The minimum atomic E-state index is -0.0208. The molecule has 0 unspecified atom stereocenters. The average Bonchev–Trinajstić information content (AvgIpc) is 3.20. The molecular formula is C23H26N2O4. The molecule has 0 N–H and O–H groups in total. The van der Waals surface area contributed by atoms with Gasteiger partial charge in [-0.3, -0.25) is 14.5 Å². The van der Waals surface area contributed by atoms with Gasteiger partial charge in [-0.1, -0.05) is 24.3 Å². The second-order valence-corrected chi connectivity index (χ2v) is 7.57. The van der Waals surface area contributed by atoms with Crippen molar-refractivity contribution >= 4 is 11.7 Å². The zero-order chi connectivity index (χ0) is 20.2. The fourth-order valence-electron chi connectivity index (χ4n) is 3.79. The van der Waals surface area contributed by atoms with Crippen molar-refractivity contribution in [1.82, 2.24) is 9.80 Å². The number of hydrogen-bond donors (Lipinski definition) is 0. The predicted octanol–water partition coefficient (Wildman–Crippen LogP) is 2.55. The molecule has 0 aliphatic carbocycles. The summed E-state index contributed by atoms with van der Waals surface area (Å²) in [6.07, 6.45) is 0.987. The molecule has 1 amide bonds. The maximum Gasteiger partial charge on any atom is 0.260 e. The van der Waals surface area contributed by atoms with Gasteiger partial charge in [0.15, 0.2) is 12.4 Å². The Balaban J connectivity index is 1.24. The van der Waals surface area contributed by atoms with E-state index in [-0.39, 0.29) is 18.3 Å². The van der Waals surface area contributed by atoms with Crippen LogP contribution < -0.4 is 9.47 Å². The van der Waals surface area contributed by atoms with E-state index >= 15 is 0 Å². The maximum atomic E-state index is 12.5. The van der Waals surface area contributed by atoms with E-state index in [0.717, 1.165) is 38.4 Å². The molecule has 2 aliphatic rings. The van der Waals surface area contributed by atoms with Gasteiger partial charge in [0.05, 0.1) is 6.61 Å². The zero-order valence-electron chi connectivity index (χ0n) is 16.7. The summed E-state index contributed by atoms with van der Waals surface area (Å²) < 4.78 is 11.2. The second kappa shape index (κ2) is 8.66. The van der Waals surface area contributed by atoms with E-state index in [1.165, 1.54) is 18.1 Å². The van der Waals surface area contributed by atoms with Crippen LogP contribution in [-0.2, 0) is 17.8 Å². The van der Waals surface area contributed by atoms with Crippen LogP contribution in [0, 0.1) is 0 Å². The fraction of sp³-hybridized carbons (Fsp3) is 0.391. The van der Waals surface area contributed by atoms with Crippen molar-refractivity contribution < 1.29 is 19.1 Å². The molecule has 0 atom stereocenters. The Labute approximate surface area is 171 Å². The Bertz CT molecular complexity index is 904. The molecule has 2 aromatic carbocycles. The highest BCUT2D eigenvalue weighted by atomic mass is 16.5. The van der Waals surface area contributed by atoms with Gasteiger partial charge < -0.3 is 14.4 Å². The molecule has 152 valence electrons. The number of nitrogens with zero attached hydrogens (tertiary/aromatic N) is 2. The first-order valence-electron chi connectivity index (χ1n) is 10.1. The van der Waals surface area contributed by atoms with Gasteiger partial charge in [-0.25, -0.2) is 0 Å². The summed E-state index contributed by atoms with van der Waals surface area (Å²) in [5, 5.41) is 0. The van der Waals surface area contributed by atoms with Crippen LogP contribution >= 0.6 is 0 Å². The normalized spacial score (nSPS) is 16.2. The molecule has 6 heteroatoms. The summed E-state index contributed by atoms with van der Waals surface area (Å²) in [5.74, 6) is 1.52. The summed E-state index contributed by atoms with van der Waals surface area (Å²) in [6, 6.07) is 13.4. The van der Waals surface area contributed by atoms with Crippen molar-refractivity contribution in [2.45, 2.75) is 19.9 Å². The van der Waals surface area contributed by atoms with Crippen LogP contribution in [0.15, 0.2) is 42.5 Å². The number of fused-ring (bicyclic) bond motifs is 1. The summed E-state index contributed by atoms with van der Waals surface area (Å²) in [7, 11) is 0. The highest BCUT2D eigenvalue weighted by molar-refractivity contribution is 5.94. The first kappa shape index (κ1) is 19.5. The lowest BCUT2D eigenvalue weighted by Crippen LogP contribution is -2.49. The molecular weight excluding hydrogens is 368 g/mol. The molecule has 0 aromatic heterocycles. The van der Waals surface area contributed by atoms with Crippen molar-refractivity contribution in [2.24, 2.45) is 0 Å². The number of amides is 1. The molecule has 0 saturated carbocycles. The molecule has 2 aromatic rings. The molecule has 6 nitrogen and oxygen atoms in total. The van der Waals surface area contributed by atoms with Gasteiger partial charge in [-0.15, -0.1) is 0 Å². The lowest BCUT2D eigenvalue weighted by Gasteiger charge is -2.34. The minimum Gasteiger partial charge on any atom is -0.493 e. The van der Waals surface area contributed by atoms with E-state index in [1.807, 2.05) is 4.90 Å². The van der Waals surface area contributed by atoms with Gasteiger partial charge in [0, 0.05) is 44.7 Å². The number of Topliss-reactive ketones (excluding diaryl/α,β-unsaturated/α-hetero) is 1. The predicted molar refractivity (Wildman–Crippen MR) is 109 cm³/mol. The van der Waals surface area contributed by atoms with E-state index in [4.69, 9.17) is 9.47 Å². The van der Waals surface area contributed by atoms with Crippen LogP contribution in [0.1, 0.15) is 28.4 Å². The van der Waals surface area contributed by atoms with Crippen molar-refractivity contribution in [2.75, 3.05) is 39.4 Å². The first-order chi connectivity index (χ1) is 14.1. The van der Waals surface area contributed by atoms with Crippen LogP contribution in [0.4, 0.5) is 0 Å². The summed E-state index contributed by atoms with van der Waals surface area (Å²) in [4.78, 5) is 28.2. The quantitative estimate of drug-likeness (QED) is 0.705. The van der Waals surface area contributed by atoms with Crippen LogP contribution in [0.3, 0.4) is 0 Å². The number of rotatable bonds is 6. The van der Waals surface area contributed by atoms with Gasteiger partial charge >= 0.3 is 0 Å². The largest absolute Gasteiger partial charge is 0.493 e. The van der Waals surface area contributed by atoms with Gasteiger partial charge in [0.1, 0.15) is 11.5 Å². The Kier molecular flexibility index (Phi) is 5.81. The molecule has 1 fully saturated rings. The molecule has 2 heterocycles. The molecule has 29 heavy (non-hydrogen) atoms. The highest BCUT2D eigenvalue weighted by Gasteiger charge is 2.22. The van der Waals surface area contributed by atoms with Crippen LogP contribution in [0.2, 0.25) is 0 Å². The number of hydrogen-bond acceptors (Lipinski definition) is 5. The number of carbonyl (C=O) groups excluding carboxylic acids is 2. The number of ketones is 1. The first-order valence-corrected chi connectivity index (χ1v) is 10.1. The Morgan fingerprint density at radius 3 is 2.69 bits per heavy atom. The van der Waals surface area contributed by atoms with Gasteiger partial charge in [-0.05, 0) is 36.2 Å². The third-order valence-electron chi connectivity index (χ3n) is 5.49. The monoisotopic (exact) mass is 394 g/mol. The highest BCUT2D eigenvalue weighted by Crippen LogP contribution is 2.26. The average molecular weight is 394 g/mol. The molecule has 2 aliphatic heterocycles. The third-order valence-corrected chi connectivity index (χ3v) is 5.49. The van der Waals surface area contributed by atoms with E-state index in [1.54, 1.807) is 24.3 Å². The van der Waals surface area contributed by atoms with Crippen LogP contribution in [0.5, 0.6) is 11.5 Å². The Hall–Kier alpha value is -2.86. The summed E-state index contributed by atoms with van der Waals surface area (Å²) in [6.45, 7) is 6.27. The fourth-order valence-corrected chi connectivity index (χ4v) is 3.79. The zero-order valence-corrected chi connectivity index (χ0v) is 16.7. The number of ether oxygens (including phenoxy) is 2. The van der Waals surface area contributed by atoms with E-state index in [2.05, 4.69) is 23.1 Å². The second-order valence-electron chi connectivity index (χ2n) is 7.57. The van der Waals surface area contributed by atoms with Crippen LogP contribution in [0.25, 0.3) is 0 Å².